The highest BCUT2D eigenvalue weighted by Crippen LogP contribution is 2.09. The molecule has 0 aliphatic heterocycles. The van der Waals surface area contributed by atoms with Gasteiger partial charge in [0.2, 0.25) is 11.8 Å². The zero-order chi connectivity index (χ0) is 28.8. The number of nitrogens with zero attached hydrogens (tertiary/aromatic N) is 3. The van der Waals surface area contributed by atoms with Crippen molar-refractivity contribution < 1.29 is 23.9 Å². The molecule has 1 atom stereocenters. The number of hydrogen-bond donors (Lipinski definition) is 3. The fraction of sp³-hybridized carbons (Fsp3) is 0.481. The number of imidazole rings is 1. The van der Waals surface area contributed by atoms with E-state index in [9.17, 15) is 24.0 Å². The third-order valence-electron chi connectivity index (χ3n) is 6.32. The number of aromatic nitrogens is 3. The first-order chi connectivity index (χ1) is 18.7. The molecular weight excluding hydrogens is 504 g/mol. The molecule has 0 aliphatic rings. The second-order valence-corrected chi connectivity index (χ2v) is 9.10. The highest BCUT2D eigenvalue weighted by Gasteiger charge is 2.23. The summed E-state index contributed by atoms with van der Waals surface area (Å²) in [5.74, 6) is -1.51. The third-order valence-corrected chi connectivity index (χ3v) is 6.32. The number of rotatable bonds is 15. The number of unbranched alkanes of at least 4 members (excludes halogenated alkanes) is 1. The minimum absolute atomic E-state index is 0.0133. The molecule has 0 aliphatic carbocycles. The molecule has 3 amide bonds. The number of aryl methyl sites for hydroxylation is 1. The summed E-state index contributed by atoms with van der Waals surface area (Å²) in [6.45, 7) is 4.46. The van der Waals surface area contributed by atoms with Crippen molar-refractivity contribution in [3.05, 3.63) is 59.1 Å². The van der Waals surface area contributed by atoms with Gasteiger partial charge in [-0.2, -0.15) is 0 Å². The molecule has 12 heteroatoms. The van der Waals surface area contributed by atoms with Gasteiger partial charge in [0.25, 0.3) is 11.5 Å². The van der Waals surface area contributed by atoms with Crippen LogP contribution in [0.1, 0.15) is 56.4 Å². The van der Waals surface area contributed by atoms with E-state index in [0.29, 0.717) is 25.3 Å². The van der Waals surface area contributed by atoms with E-state index in [2.05, 4.69) is 39.5 Å². The van der Waals surface area contributed by atoms with E-state index >= 15 is 0 Å². The van der Waals surface area contributed by atoms with Gasteiger partial charge >= 0.3 is 5.97 Å². The van der Waals surface area contributed by atoms with Gasteiger partial charge in [0.05, 0.1) is 19.6 Å². The number of carbonyl (C=O) groups is 4. The highest BCUT2D eigenvalue weighted by atomic mass is 16.5. The summed E-state index contributed by atoms with van der Waals surface area (Å²) < 4.78 is 7.30. The number of amides is 3. The fourth-order valence-electron chi connectivity index (χ4n) is 3.79. The number of anilines is 1. The largest absolute Gasteiger partial charge is 0.466 e. The standard InChI is InChI=1S/C27H38N6O6/c1-5-19(6-2)15-29-23(34)17-33-14-10-12-21(27(33)38)31-25(36)20(11-8-7-9-13-24(35)39-4)30-26(37)22-16-28-18-32(22)3/h9-10,12-14,16,18-20H,5-8,11,15,17H2,1-4H3,(H,29,34)(H,30,37)(H,31,36)/b13-9+/t20-/m0/s1. The van der Waals surface area contributed by atoms with Gasteiger partial charge in [-0.1, -0.05) is 32.8 Å². The van der Waals surface area contributed by atoms with Crippen molar-refractivity contribution in [2.45, 2.75) is 58.5 Å². The van der Waals surface area contributed by atoms with Gasteiger partial charge in [0.15, 0.2) is 0 Å². The first-order valence-electron chi connectivity index (χ1n) is 13.0. The quantitative estimate of drug-likeness (QED) is 0.176. The summed E-state index contributed by atoms with van der Waals surface area (Å²) in [5.41, 5.74) is -0.290. The van der Waals surface area contributed by atoms with Crippen molar-refractivity contribution in [3.8, 4) is 0 Å². The SMILES string of the molecule is CCC(CC)CNC(=O)Cn1cccc(NC(=O)[C@H](CCC/C=C/C(=O)OC)NC(=O)c2cncn2C)c1=O. The maximum Gasteiger partial charge on any atom is 0.330 e. The fourth-order valence-corrected chi connectivity index (χ4v) is 3.79. The zero-order valence-electron chi connectivity index (χ0n) is 22.9. The van der Waals surface area contributed by atoms with Crippen LogP contribution in [0.25, 0.3) is 0 Å². The molecule has 2 rings (SSSR count). The van der Waals surface area contributed by atoms with Crippen LogP contribution in [0.2, 0.25) is 0 Å². The predicted octanol–water partition coefficient (Wildman–Crippen LogP) is 1.77. The van der Waals surface area contributed by atoms with Gasteiger partial charge in [-0.05, 0) is 37.3 Å². The predicted molar refractivity (Wildman–Crippen MR) is 146 cm³/mol. The molecule has 0 spiro atoms. The Bertz CT molecular complexity index is 1210. The minimum atomic E-state index is -0.977. The number of ether oxygens (including phenoxy) is 1. The van der Waals surface area contributed by atoms with Crippen LogP contribution in [0.5, 0.6) is 0 Å². The number of allylic oxidation sites excluding steroid dienone is 1. The molecule has 212 valence electrons. The van der Waals surface area contributed by atoms with Crippen molar-refractivity contribution in [1.82, 2.24) is 24.8 Å². The number of hydrogen-bond acceptors (Lipinski definition) is 7. The summed E-state index contributed by atoms with van der Waals surface area (Å²) >= 11 is 0. The number of pyridine rings is 1. The van der Waals surface area contributed by atoms with E-state index in [1.807, 2.05) is 0 Å². The van der Waals surface area contributed by atoms with E-state index in [0.717, 1.165) is 12.8 Å². The van der Waals surface area contributed by atoms with Crippen molar-refractivity contribution in [2.24, 2.45) is 13.0 Å². The van der Waals surface area contributed by atoms with Crippen molar-refractivity contribution in [2.75, 3.05) is 19.0 Å². The molecule has 0 bridgehead atoms. The molecule has 39 heavy (non-hydrogen) atoms. The second kappa shape index (κ2) is 15.9. The smallest absolute Gasteiger partial charge is 0.330 e. The molecule has 0 fully saturated rings. The molecule has 2 aromatic heterocycles. The maximum atomic E-state index is 13.2. The van der Waals surface area contributed by atoms with Crippen LogP contribution in [0, 0.1) is 5.92 Å². The lowest BCUT2D eigenvalue weighted by Gasteiger charge is -2.19. The number of carbonyl (C=O) groups excluding carboxylic acids is 4. The Balaban J connectivity index is 2.11. The van der Waals surface area contributed by atoms with Crippen LogP contribution in [-0.4, -0.2) is 57.5 Å². The van der Waals surface area contributed by atoms with Gasteiger partial charge in [-0.3, -0.25) is 19.2 Å². The molecule has 2 aromatic rings. The van der Waals surface area contributed by atoms with Gasteiger partial charge < -0.3 is 29.8 Å². The van der Waals surface area contributed by atoms with E-state index < -0.39 is 29.4 Å². The topological polar surface area (TPSA) is 153 Å². The van der Waals surface area contributed by atoms with Crippen molar-refractivity contribution in [3.63, 3.8) is 0 Å². The maximum absolute atomic E-state index is 13.2. The average Bonchev–Trinajstić information content (AvgIpc) is 3.36. The van der Waals surface area contributed by atoms with Crippen LogP contribution < -0.4 is 21.5 Å². The Morgan fingerprint density at radius 3 is 2.56 bits per heavy atom. The summed E-state index contributed by atoms with van der Waals surface area (Å²) in [4.78, 5) is 66.5. The highest BCUT2D eigenvalue weighted by molar-refractivity contribution is 6.00. The van der Waals surface area contributed by atoms with Crippen LogP contribution in [-0.2, 0) is 32.7 Å². The molecule has 12 nitrogen and oxygen atoms in total. The van der Waals surface area contributed by atoms with Gasteiger partial charge in [-0.15, -0.1) is 0 Å². The van der Waals surface area contributed by atoms with E-state index in [1.165, 1.54) is 47.1 Å². The molecule has 0 saturated heterocycles. The number of nitrogens with one attached hydrogen (secondary N) is 3. The number of esters is 1. The summed E-state index contributed by atoms with van der Waals surface area (Å²) in [6.07, 6.45) is 10.3. The Morgan fingerprint density at radius 1 is 1.18 bits per heavy atom. The molecule has 0 radical (unpaired) electrons. The van der Waals surface area contributed by atoms with Crippen LogP contribution in [0.3, 0.4) is 0 Å². The Morgan fingerprint density at radius 2 is 1.92 bits per heavy atom. The average molecular weight is 543 g/mol. The van der Waals surface area contributed by atoms with Gasteiger partial charge in [-0.25, -0.2) is 9.78 Å². The minimum Gasteiger partial charge on any atom is -0.466 e. The van der Waals surface area contributed by atoms with Gasteiger partial charge in [0, 0.05) is 25.9 Å². The second-order valence-electron chi connectivity index (χ2n) is 9.10. The molecule has 0 aromatic carbocycles. The normalized spacial score (nSPS) is 11.8. The lowest BCUT2D eigenvalue weighted by molar-refractivity contribution is -0.134. The monoisotopic (exact) mass is 542 g/mol. The first kappa shape index (κ1) is 31.0. The Kier molecular flexibility index (Phi) is 12.6. The van der Waals surface area contributed by atoms with Crippen molar-refractivity contribution in [1.29, 1.82) is 0 Å². The Labute approximate surface area is 227 Å². The van der Waals surface area contributed by atoms with Gasteiger partial charge in [0.1, 0.15) is 24.0 Å². The first-order valence-corrected chi connectivity index (χ1v) is 13.0. The zero-order valence-corrected chi connectivity index (χ0v) is 22.9. The molecule has 0 saturated carbocycles. The molecule has 0 unspecified atom stereocenters. The summed E-state index contributed by atoms with van der Waals surface area (Å²) in [5, 5.41) is 8.14. The molecule has 2 heterocycles. The summed E-state index contributed by atoms with van der Waals surface area (Å²) in [6, 6.07) is 2.03. The van der Waals surface area contributed by atoms with E-state index in [4.69, 9.17) is 0 Å². The van der Waals surface area contributed by atoms with Crippen LogP contribution in [0.15, 0.2) is 47.8 Å². The lowest BCUT2D eigenvalue weighted by Crippen LogP contribution is -2.45. The summed E-state index contributed by atoms with van der Waals surface area (Å²) in [7, 11) is 2.93. The molecule has 3 N–H and O–H groups in total. The Hall–Kier alpha value is -4.22. The van der Waals surface area contributed by atoms with Crippen LogP contribution >= 0.6 is 0 Å². The van der Waals surface area contributed by atoms with Crippen LogP contribution in [0.4, 0.5) is 5.69 Å². The lowest BCUT2D eigenvalue weighted by atomic mass is 10.0. The van der Waals surface area contributed by atoms with E-state index in [1.54, 1.807) is 19.2 Å². The van der Waals surface area contributed by atoms with Crippen molar-refractivity contribution >= 4 is 29.4 Å². The third kappa shape index (κ3) is 9.87. The van der Waals surface area contributed by atoms with E-state index in [-0.39, 0.29) is 30.3 Å². The number of methoxy groups -OCH3 is 1. The molecular formula is C27H38N6O6.